The number of hydrogen-bond acceptors (Lipinski definition) is 4. The summed E-state index contributed by atoms with van der Waals surface area (Å²) in [6.45, 7) is 7.92. The van der Waals surface area contributed by atoms with Gasteiger partial charge in [0, 0.05) is 25.7 Å². The first-order chi connectivity index (χ1) is 12.6. The number of benzene rings is 1. The molecule has 2 aliphatic heterocycles. The van der Waals surface area contributed by atoms with Gasteiger partial charge in [-0.25, -0.2) is 8.42 Å². The molecule has 1 aromatic rings. The Hall–Kier alpha value is -0.950. The molecular weight excluding hydrogens is 346 g/mol. The zero-order valence-corrected chi connectivity index (χ0v) is 16.8. The van der Waals surface area contributed by atoms with E-state index in [9.17, 15) is 8.42 Å². The molecule has 26 heavy (non-hydrogen) atoms. The molecule has 2 heterocycles. The van der Waals surface area contributed by atoms with Crippen molar-refractivity contribution in [3.63, 3.8) is 0 Å². The maximum absolute atomic E-state index is 12.7. The molecule has 0 spiro atoms. The van der Waals surface area contributed by atoms with Gasteiger partial charge in [-0.15, -0.1) is 0 Å². The fraction of sp³-hybridized carbons (Fsp3) is 0.700. The Balaban J connectivity index is 1.50. The standard InChI is InChI=1S/C20H33N3O2S/c1-2-12-22-15-10-19(11-16-22)21-17-18-6-8-20(9-7-18)26(24,25)23-13-4-3-5-14-23/h6-9,19,21H,2-5,10-17H2,1H3. The number of nitrogens with one attached hydrogen (secondary N) is 1. The zero-order chi connectivity index (χ0) is 18.4. The van der Waals surface area contributed by atoms with Gasteiger partial charge in [-0.2, -0.15) is 4.31 Å². The third-order valence-electron chi connectivity index (χ3n) is 5.60. The zero-order valence-electron chi connectivity index (χ0n) is 16.0. The number of rotatable bonds is 7. The van der Waals surface area contributed by atoms with Crippen LogP contribution in [0.5, 0.6) is 0 Å². The molecule has 0 radical (unpaired) electrons. The first-order valence-corrected chi connectivity index (χ1v) is 11.6. The highest BCUT2D eigenvalue weighted by atomic mass is 32.2. The summed E-state index contributed by atoms with van der Waals surface area (Å²) in [5, 5.41) is 3.64. The molecule has 1 N–H and O–H groups in total. The van der Waals surface area contributed by atoms with Crippen LogP contribution in [-0.2, 0) is 16.6 Å². The third kappa shape index (κ3) is 5.06. The lowest BCUT2D eigenvalue weighted by Gasteiger charge is -2.32. The molecule has 2 saturated heterocycles. The minimum atomic E-state index is -3.32. The van der Waals surface area contributed by atoms with Crippen LogP contribution < -0.4 is 5.32 Å². The second-order valence-corrected chi connectivity index (χ2v) is 9.54. The lowest BCUT2D eigenvalue weighted by Crippen LogP contribution is -2.42. The minimum Gasteiger partial charge on any atom is -0.310 e. The number of piperidine rings is 2. The fourth-order valence-electron chi connectivity index (χ4n) is 3.97. The SMILES string of the molecule is CCCN1CCC(NCc2ccc(S(=O)(=O)N3CCCCC3)cc2)CC1. The Bertz CT molecular complexity index is 646. The molecule has 2 fully saturated rings. The summed E-state index contributed by atoms with van der Waals surface area (Å²) in [7, 11) is -3.32. The fourth-order valence-corrected chi connectivity index (χ4v) is 5.49. The molecular formula is C20H33N3O2S. The van der Waals surface area contributed by atoms with E-state index >= 15 is 0 Å². The molecule has 0 bridgehead atoms. The van der Waals surface area contributed by atoms with E-state index < -0.39 is 10.0 Å². The second-order valence-electron chi connectivity index (χ2n) is 7.61. The van der Waals surface area contributed by atoms with E-state index in [1.807, 2.05) is 12.1 Å². The summed E-state index contributed by atoms with van der Waals surface area (Å²) in [4.78, 5) is 2.97. The Labute approximate surface area is 158 Å². The van der Waals surface area contributed by atoms with Crippen LogP contribution in [0.2, 0.25) is 0 Å². The van der Waals surface area contributed by atoms with Gasteiger partial charge >= 0.3 is 0 Å². The van der Waals surface area contributed by atoms with Gasteiger partial charge in [0.1, 0.15) is 0 Å². The Morgan fingerprint density at radius 1 is 1.00 bits per heavy atom. The molecule has 0 unspecified atom stereocenters. The smallest absolute Gasteiger partial charge is 0.243 e. The summed E-state index contributed by atoms with van der Waals surface area (Å²) in [5.41, 5.74) is 1.15. The van der Waals surface area contributed by atoms with Crippen LogP contribution in [0.3, 0.4) is 0 Å². The van der Waals surface area contributed by atoms with E-state index in [0.29, 0.717) is 24.0 Å². The summed E-state index contributed by atoms with van der Waals surface area (Å²) >= 11 is 0. The molecule has 0 atom stereocenters. The van der Waals surface area contributed by atoms with Gasteiger partial charge in [0.15, 0.2) is 0 Å². The number of likely N-dealkylation sites (tertiary alicyclic amines) is 1. The van der Waals surface area contributed by atoms with E-state index in [2.05, 4.69) is 17.1 Å². The van der Waals surface area contributed by atoms with Crippen LogP contribution in [0.25, 0.3) is 0 Å². The lowest BCUT2D eigenvalue weighted by molar-refractivity contribution is 0.197. The lowest BCUT2D eigenvalue weighted by atomic mass is 10.0. The van der Waals surface area contributed by atoms with Gasteiger partial charge in [0.25, 0.3) is 0 Å². The third-order valence-corrected chi connectivity index (χ3v) is 7.51. The summed E-state index contributed by atoms with van der Waals surface area (Å²) in [6.07, 6.45) is 6.69. The first kappa shape index (κ1) is 19.8. The van der Waals surface area contributed by atoms with E-state index in [4.69, 9.17) is 0 Å². The van der Waals surface area contributed by atoms with Crippen molar-refractivity contribution in [2.24, 2.45) is 0 Å². The van der Waals surface area contributed by atoms with Crippen molar-refractivity contribution in [1.29, 1.82) is 0 Å². The molecule has 0 aliphatic carbocycles. The Morgan fingerprint density at radius 3 is 2.27 bits per heavy atom. The Morgan fingerprint density at radius 2 is 1.65 bits per heavy atom. The van der Waals surface area contributed by atoms with Gasteiger partial charge in [-0.05, 0) is 69.4 Å². The average Bonchev–Trinajstić information content (AvgIpc) is 2.69. The summed E-state index contributed by atoms with van der Waals surface area (Å²) < 4.78 is 27.0. The van der Waals surface area contributed by atoms with E-state index in [1.54, 1.807) is 16.4 Å². The molecule has 5 nitrogen and oxygen atoms in total. The number of sulfonamides is 1. The maximum Gasteiger partial charge on any atom is 0.243 e. The normalized spacial score (nSPS) is 21.1. The molecule has 0 saturated carbocycles. The first-order valence-electron chi connectivity index (χ1n) is 10.1. The highest BCUT2D eigenvalue weighted by Crippen LogP contribution is 2.21. The average molecular weight is 380 g/mol. The summed E-state index contributed by atoms with van der Waals surface area (Å²) in [5.74, 6) is 0. The van der Waals surface area contributed by atoms with Gasteiger partial charge in [-0.3, -0.25) is 0 Å². The molecule has 6 heteroatoms. The Kier molecular flexibility index (Phi) is 7.09. The van der Waals surface area contributed by atoms with E-state index in [0.717, 1.165) is 31.4 Å². The largest absolute Gasteiger partial charge is 0.310 e. The van der Waals surface area contributed by atoms with Crippen molar-refractivity contribution in [1.82, 2.24) is 14.5 Å². The van der Waals surface area contributed by atoms with E-state index in [-0.39, 0.29) is 0 Å². The van der Waals surface area contributed by atoms with E-state index in [1.165, 1.54) is 38.9 Å². The maximum atomic E-state index is 12.7. The second kappa shape index (κ2) is 9.31. The molecule has 146 valence electrons. The predicted molar refractivity (Wildman–Crippen MR) is 106 cm³/mol. The molecule has 1 aromatic carbocycles. The van der Waals surface area contributed by atoms with Crippen molar-refractivity contribution >= 4 is 10.0 Å². The van der Waals surface area contributed by atoms with Gasteiger partial charge < -0.3 is 10.2 Å². The quantitative estimate of drug-likeness (QED) is 0.791. The monoisotopic (exact) mass is 379 g/mol. The van der Waals surface area contributed by atoms with Crippen molar-refractivity contribution in [2.45, 2.75) is 62.9 Å². The molecule has 0 amide bonds. The van der Waals surface area contributed by atoms with Crippen LogP contribution in [0.15, 0.2) is 29.2 Å². The van der Waals surface area contributed by atoms with Crippen molar-refractivity contribution in [3.05, 3.63) is 29.8 Å². The van der Waals surface area contributed by atoms with Crippen LogP contribution in [0.4, 0.5) is 0 Å². The van der Waals surface area contributed by atoms with Gasteiger partial charge in [0.2, 0.25) is 10.0 Å². The minimum absolute atomic E-state index is 0.427. The molecule has 2 aliphatic rings. The van der Waals surface area contributed by atoms with Crippen LogP contribution in [-0.4, -0.2) is 56.4 Å². The van der Waals surface area contributed by atoms with Crippen LogP contribution >= 0.6 is 0 Å². The van der Waals surface area contributed by atoms with Crippen molar-refractivity contribution in [2.75, 3.05) is 32.7 Å². The highest BCUT2D eigenvalue weighted by Gasteiger charge is 2.25. The molecule has 3 rings (SSSR count). The highest BCUT2D eigenvalue weighted by molar-refractivity contribution is 7.89. The topological polar surface area (TPSA) is 52.7 Å². The van der Waals surface area contributed by atoms with Crippen molar-refractivity contribution in [3.8, 4) is 0 Å². The van der Waals surface area contributed by atoms with Gasteiger partial charge in [-0.1, -0.05) is 25.5 Å². The van der Waals surface area contributed by atoms with Crippen LogP contribution in [0, 0.1) is 0 Å². The van der Waals surface area contributed by atoms with Crippen LogP contribution in [0.1, 0.15) is 51.0 Å². The predicted octanol–water partition coefficient (Wildman–Crippen LogP) is 2.83. The molecule has 0 aromatic heterocycles. The van der Waals surface area contributed by atoms with Crippen molar-refractivity contribution < 1.29 is 8.42 Å². The number of nitrogens with zero attached hydrogens (tertiary/aromatic N) is 2. The number of hydrogen-bond donors (Lipinski definition) is 1. The van der Waals surface area contributed by atoms with Gasteiger partial charge in [0.05, 0.1) is 4.90 Å². The summed E-state index contributed by atoms with van der Waals surface area (Å²) in [6, 6.07) is 8.02.